The molecule has 0 heterocycles. The molecule has 4 fully saturated rings. The van der Waals surface area contributed by atoms with Crippen LogP contribution in [0, 0.1) is 29.1 Å². The molecule has 1 aromatic carbocycles. The van der Waals surface area contributed by atoms with Crippen LogP contribution in [0.15, 0.2) is 24.3 Å². The number of anilines is 1. The highest BCUT2D eigenvalue weighted by atomic mass is 16.5. The van der Waals surface area contributed by atoms with Gasteiger partial charge in [-0.25, -0.2) is 4.79 Å². The maximum Gasteiger partial charge on any atom is 0.338 e. The van der Waals surface area contributed by atoms with Crippen LogP contribution in [0.4, 0.5) is 5.69 Å². The molecule has 0 radical (unpaired) electrons. The number of carbonyl (C=O) groups excluding carboxylic acids is 3. The highest BCUT2D eigenvalue weighted by Crippen LogP contribution is 2.60. The van der Waals surface area contributed by atoms with Gasteiger partial charge in [0.1, 0.15) is 6.04 Å². The summed E-state index contributed by atoms with van der Waals surface area (Å²) in [4.78, 5) is 38.2. The zero-order valence-corrected chi connectivity index (χ0v) is 18.8. The normalized spacial score (nSPS) is 29.5. The van der Waals surface area contributed by atoms with Gasteiger partial charge in [0.05, 0.1) is 12.2 Å². The monoisotopic (exact) mass is 426 g/mol. The van der Waals surface area contributed by atoms with Gasteiger partial charge in [0.2, 0.25) is 11.8 Å². The largest absolute Gasteiger partial charge is 0.462 e. The summed E-state index contributed by atoms with van der Waals surface area (Å²) >= 11 is 0. The summed E-state index contributed by atoms with van der Waals surface area (Å²) in [6.45, 7) is 5.98. The molecule has 6 nitrogen and oxygen atoms in total. The molecule has 1 aromatic rings. The van der Waals surface area contributed by atoms with E-state index in [-0.39, 0.29) is 29.1 Å². The number of nitrogens with one attached hydrogen (secondary N) is 2. The second-order valence-corrected chi connectivity index (χ2v) is 10.2. The summed E-state index contributed by atoms with van der Waals surface area (Å²) in [6, 6.07) is 6.04. The average Bonchev–Trinajstić information content (AvgIpc) is 2.71. The molecule has 4 aliphatic carbocycles. The summed E-state index contributed by atoms with van der Waals surface area (Å²) < 4.78 is 4.99. The number of carbonyl (C=O) groups is 3. The van der Waals surface area contributed by atoms with Gasteiger partial charge in [-0.1, -0.05) is 13.8 Å². The Hall–Kier alpha value is -2.37. The van der Waals surface area contributed by atoms with Crippen molar-refractivity contribution in [2.75, 3.05) is 11.9 Å². The van der Waals surface area contributed by atoms with Crippen molar-refractivity contribution in [3.05, 3.63) is 29.8 Å². The van der Waals surface area contributed by atoms with Crippen LogP contribution < -0.4 is 10.6 Å². The van der Waals surface area contributed by atoms with Gasteiger partial charge in [-0.15, -0.1) is 0 Å². The molecule has 4 bridgehead atoms. The van der Waals surface area contributed by atoms with Crippen molar-refractivity contribution in [2.24, 2.45) is 29.1 Å². The van der Waals surface area contributed by atoms with Gasteiger partial charge < -0.3 is 15.4 Å². The zero-order chi connectivity index (χ0) is 22.2. The Labute approximate surface area is 184 Å². The Bertz CT molecular complexity index is 810. The molecular formula is C25H34N2O4. The van der Waals surface area contributed by atoms with Crippen LogP contribution in [0.5, 0.6) is 0 Å². The Morgan fingerprint density at radius 3 is 2.03 bits per heavy atom. The lowest BCUT2D eigenvalue weighted by Crippen LogP contribution is -2.57. The summed E-state index contributed by atoms with van der Waals surface area (Å²) in [5, 5.41) is 6.01. The predicted octanol–water partition coefficient (Wildman–Crippen LogP) is 4.16. The Balaban J connectivity index is 1.41. The van der Waals surface area contributed by atoms with Crippen molar-refractivity contribution >= 4 is 23.5 Å². The van der Waals surface area contributed by atoms with Gasteiger partial charge in [0.15, 0.2) is 0 Å². The van der Waals surface area contributed by atoms with Crippen molar-refractivity contribution in [1.82, 2.24) is 5.32 Å². The molecule has 0 aromatic heterocycles. The molecular weight excluding hydrogens is 392 g/mol. The number of hydrogen-bond donors (Lipinski definition) is 2. The Morgan fingerprint density at radius 1 is 1.00 bits per heavy atom. The standard InChI is InChI=1S/C25H34N2O4/c1-4-31-23(29)19-5-7-20(8-6-19)26-22(28)21(15(2)3)27-24(30)25-12-16-9-17(13-25)11-18(10-16)14-25/h5-8,15-18,21H,4,9-14H2,1-3H3,(H,26,28)(H,27,30). The first-order valence-electron chi connectivity index (χ1n) is 11.7. The molecule has 1 unspecified atom stereocenters. The number of ether oxygens (including phenoxy) is 1. The highest BCUT2D eigenvalue weighted by Gasteiger charge is 2.55. The van der Waals surface area contributed by atoms with E-state index in [1.54, 1.807) is 31.2 Å². The van der Waals surface area contributed by atoms with Crippen LogP contribution >= 0.6 is 0 Å². The van der Waals surface area contributed by atoms with Gasteiger partial charge in [-0.2, -0.15) is 0 Å². The zero-order valence-electron chi connectivity index (χ0n) is 18.8. The second-order valence-electron chi connectivity index (χ2n) is 10.2. The molecule has 31 heavy (non-hydrogen) atoms. The van der Waals surface area contributed by atoms with E-state index in [0.29, 0.717) is 35.6 Å². The third-order valence-corrected chi connectivity index (χ3v) is 7.42. The minimum absolute atomic E-state index is 0.0309. The molecule has 4 saturated carbocycles. The summed E-state index contributed by atoms with van der Waals surface area (Å²) in [5.41, 5.74) is 0.756. The van der Waals surface area contributed by atoms with E-state index < -0.39 is 6.04 Å². The van der Waals surface area contributed by atoms with E-state index in [4.69, 9.17) is 4.74 Å². The minimum Gasteiger partial charge on any atom is -0.462 e. The van der Waals surface area contributed by atoms with Crippen LogP contribution in [0.3, 0.4) is 0 Å². The molecule has 2 amide bonds. The molecule has 6 heteroatoms. The number of esters is 1. The molecule has 0 spiro atoms. The fourth-order valence-corrected chi connectivity index (χ4v) is 6.34. The van der Waals surface area contributed by atoms with E-state index in [2.05, 4.69) is 10.6 Å². The first-order valence-corrected chi connectivity index (χ1v) is 11.7. The lowest BCUT2D eigenvalue weighted by atomic mass is 9.49. The van der Waals surface area contributed by atoms with Crippen LogP contribution in [0.2, 0.25) is 0 Å². The van der Waals surface area contributed by atoms with Crippen molar-refractivity contribution in [3.63, 3.8) is 0 Å². The Kier molecular flexibility index (Phi) is 6.09. The molecule has 168 valence electrons. The van der Waals surface area contributed by atoms with Gasteiger partial charge in [0, 0.05) is 11.1 Å². The SMILES string of the molecule is CCOC(=O)c1ccc(NC(=O)C(NC(=O)C23CC4CC(CC(C4)C2)C3)C(C)C)cc1. The smallest absolute Gasteiger partial charge is 0.338 e. The van der Waals surface area contributed by atoms with E-state index in [0.717, 1.165) is 19.3 Å². The number of benzene rings is 1. The van der Waals surface area contributed by atoms with Crippen molar-refractivity contribution < 1.29 is 19.1 Å². The van der Waals surface area contributed by atoms with Gasteiger partial charge in [-0.05, 0) is 93.4 Å². The molecule has 1 atom stereocenters. The molecule has 0 aliphatic heterocycles. The average molecular weight is 427 g/mol. The predicted molar refractivity (Wildman–Crippen MR) is 118 cm³/mol. The van der Waals surface area contributed by atoms with E-state index in [1.807, 2.05) is 13.8 Å². The quantitative estimate of drug-likeness (QED) is 0.641. The Morgan fingerprint density at radius 2 is 1.55 bits per heavy atom. The summed E-state index contributed by atoms with van der Waals surface area (Å²) in [6.07, 6.45) is 6.78. The number of rotatable bonds is 7. The van der Waals surface area contributed by atoms with Gasteiger partial charge in [0.25, 0.3) is 0 Å². The van der Waals surface area contributed by atoms with Crippen molar-refractivity contribution in [2.45, 2.75) is 65.3 Å². The lowest BCUT2D eigenvalue weighted by molar-refractivity contribution is -0.148. The second kappa shape index (κ2) is 8.64. The fraction of sp³-hybridized carbons (Fsp3) is 0.640. The maximum absolute atomic E-state index is 13.4. The minimum atomic E-state index is -0.592. The van der Waals surface area contributed by atoms with E-state index in [1.165, 1.54) is 19.3 Å². The van der Waals surface area contributed by atoms with Crippen LogP contribution in [-0.4, -0.2) is 30.4 Å². The first kappa shape index (κ1) is 21.8. The number of hydrogen-bond acceptors (Lipinski definition) is 4. The fourth-order valence-electron chi connectivity index (χ4n) is 6.34. The van der Waals surface area contributed by atoms with Crippen molar-refractivity contribution in [1.29, 1.82) is 0 Å². The van der Waals surface area contributed by atoms with Crippen LogP contribution in [0.1, 0.15) is 69.7 Å². The third kappa shape index (κ3) is 4.48. The van der Waals surface area contributed by atoms with Gasteiger partial charge >= 0.3 is 5.97 Å². The van der Waals surface area contributed by atoms with E-state index in [9.17, 15) is 14.4 Å². The topological polar surface area (TPSA) is 84.5 Å². The third-order valence-electron chi connectivity index (χ3n) is 7.42. The first-order chi connectivity index (χ1) is 14.8. The summed E-state index contributed by atoms with van der Waals surface area (Å²) in [7, 11) is 0. The lowest BCUT2D eigenvalue weighted by Gasteiger charge is -2.55. The van der Waals surface area contributed by atoms with E-state index >= 15 is 0 Å². The van der Waals surface area contributed by atoms with Crippen molar-refractivity contribution in [3.8, 4) is 0 Å². The molecule has 5 rings (SSSR count). The summed E-state index contributed by atoms with van der Waals surface area (Å²) in [5.74, 6) is 1.47. The molecule has 4 aliphatic rings. The number of amides is 2. The molecule has 2 N–H and O–H groups in total. The van der Waals surface area contributed by atoms with Gasteiger partial charge in [-0.3, -0.25) is 9.59 Å². The highest BCUT2D eigenvalue weighted by molar-refractivity contribution is 5.98. The maximum atomic E-state index is 13.4. The van der Waals surface area contributed by atoms with Crippen LogP contribution in [-0.2, 0) is 14.3 Å². The van der Waals surface area contributed by atoms with Crippen LogP contribution in [0.25, 0.3) is 0 Å². The molecule has 0 saturated heterocycles.